The van der Waals surface area contributed by atoms with Crippen LogP contribution in [0.4, 0.5) is 17.1 Å². The number of carbonyl (C=O) groups excluding carboxylic acids is 2. The molecule has 0 saturated heterocycles. The summed E-state index contributed by atoms with van der Waals surface area (Å²) in [5, 5.41) is 10.0. The van der Waals surface area contributed by atoms with E-state index in [4.69, 9.17) is 28.6 Å². The van der Waals surface area contributed by atoms with Crippen LogP contribution in [0.3, 0.4) is 0 Å². The predicted molar refractivity (Wildman–Crippen MR) is 170 cm³/mol. The highest BCUT2D eigenvalue weighted by Gasteiger charge is 2.36. The summed E-state index contributed by atoms with van der Waals surface area (Å²) in [7, 11) is 0. The molecule has 0 saturated carbocycles. The summed E-state index contributed by atoms with van der Waals surface area (Å²) in [6.45, 7) is 0.444. The van der Waals surface area contributed by atoms with Gasteiger partial charge >= 0.3 is 0 Å². The van der Waals surface area contributed by atoms with E-state index in [1.165, 1.54) is 0 Å². The average molecular weight is 592 g/mol. The molecule has 0 fully saturated rings. The van der Waals surface area contributed by atoms with E-state index >= 15 is 0 Å². The van der Waals surface area contributed by atoms with E-state index in [2.05, 4.69) is 20.6 Å². The number of ether oxygens (including phenoxy) is 1. The van der Waals surface area contributed by atoms with Gasteiger partial charge in [-0.3, -0.25) is 9.59 Å². The number of nitrogens with zero attached hydrogens (tertiary/aromatic N) is 1. The molecule has 10 heteroatoms. The molecule has 2 aliphatic heterocycles. The van der Waals surface area contributed by atoms with E-state index in [0.717, 1.165) is 49.5 Å². The Morgan fingerprint density at radius 2 is 1.76 bits per heavy atom. The first-order valence-electron chi connectivity index (χ1n) is 13.4. The number of nitrogens with one attached hydrogen (secondary N) is 4. The molecular weight excluding hydrogens is 570 g/mol. The van der Waals surface area contributed by atoms with Gasteiger partial charge in [-0.2, -0.15) is 0 Å². The van der Waals surface area contributed by atoms with Crippen molar-refractivity contribution in [1.82, 2.24) is 9.97 Å². The van der Waals surface area contributed by atoms with Crippen LogP contribution in [0, 0.1) is 0 Å². The average Bonchev–Trinajstić information content (AvgIpc) is 3.71. The molecule has 0 bridgehead atoms. The van der Waals surface area contributed by atoms with E-state index in [0.29, 0.717) is 35.2 Å². The number of hydrogen-bond donors (Lipinski definition) is 4. The smallest absolute Gasteiger partial charge is 0.274 e. The van der Waals surface area contributed by atoms with Crippen molar-refractivity contribution in [2.45, 2.75) is 5.92 Å². The number of carbonyl (C=O) groups is 2. The number of aromatic amines is 2. The Bertz CT molecular complexity index is 2100. The number of thiocarbonyl (C=S) groups is 1. The number of anilines is 3. The van der Waals surface area contributed by atoms with Crippen molar-refractivity contribution in [3.8, 4) is 5.75 Å². The Balaban J connectivity index is 1.12. The van der Waals surface area contributed by atoms with Crippen LogP contribution in [0.25, 0.3) is 32.6 Å². The third kappa shape index (κ3) is 3.85. The lowest BCUT2D eigenvalue weighted by atomic mass is 9.94. The maximum Gasteiger partial charge on any atom is 0.274 e. The number of alkyl halides is 1. The molecule has 0 unspecified atom stereocenters. The first-order valence-corrected chi connectivity index (χ1v) is 14.4. The number of H-pyrrole nitrogens is 2. The van der Waals surface area contributed by atoms with Crippen LogP contribution in [0.2, 0.25) is 0 Å². The van der Waals surface area contributed by atoms with Crippen LogP contribution in [0.1, 0.15) is 32.5 Å². The number of para-hydroxylation sites is 1. The highest BCUT2D eigenvalue weighted by atomic mass is 35.5. The fraction of sp³-hybridized carbons (Fsp3) is 0.0938. The maximum absolute atomic E-state index is 14.0. The molecule has 0 aliphatic carbocycles. The molecule has 4 aromatic carbocycles. The van der Waals surface area contributed by atoms with Gasteiger partial charge in [0, 0.05) is 57.3 Å². The normalized spacial score (nSPS) is 15.6. The molecule has 2 aromatic heterocycles. The summed E-state index contributed by atoms with van der Waals surface area (Å²) in [5.74, 6) is 0.522. The molecule has 1 atom stereocenters. The van der Waals surface area contributed by atoms with Gasteiger partial charge in [-0.1, -0.05) is 30.3 Å². The number of fused-ring (bicyclic) bond motifs is 4. The zero-order chi connectivity index (χ0) is 28.5. The minimum atomic E-state index is -0.241. The van der Waals surface area contributed by atoms with Crippen LogP contribution < -0.4 is 20.3 Å². The summed E-state index contributed by atoms with van der Waals surface area (Å²) in [4.78, 5) is 35.0. The van der Waals surface area contributed by atoms with Crippen LogP contribution in [-0.2, 0) is 0 Å². The molecule has 8 rings (SSSR count). The van der Waals surface area contributed by atoms with Gasteiger partial charge in [0.1, 0.15) is 17.1 Å². The zero-order valence-electron chi connectivity index (χ0n) is 22.0. The van der Waals surface area contributed by atoms with Crippen LogP contribution in [0.5, 0.6) is 5.75 Å². The summed E-state index contributed by atoms with van der Waals surface area (Å²) in [5.41, 5.74) is 5.88. The van der Waals surface area contributed by atoms with E-state index in [-0.39, 0.29) is 22.9 Å². The lowest BCUT2D eigenvalue weighted by Crippen LogP contribution is -2.30. The van der Waals surface area contributed by atoms with Gasteiger partial charge < -0.3 is 30.2 Å². The van der Waals surface area contributed by atoms with Gasteiger partial charge in [0.05, 0.1) is 11.4 Å². The predicted octanol–water partition coefficient (Wildman–Crippen LogP) is 7.13. The van der Waals surface area contributed by atoms with Gasteiger partial charge in [0.25, 0.3) is 17.0 Å². The molecule has 206 valence electrons. The number of amides is 2. The Morgan fingerprint density at radius 1 is 0.952 bits per heavy atom. The molecule has 4 N–H and O–H groups in total. The highest BCUT2D eigenvalue weighted by Crippen LogP contribution is 2.49. The lowest BCUT2D eigenvalue weighted by Gasteiger charge is -2.23. The third-order valence-corrected chi connectivity index (χ3v) is 8.56. The van der Waals surface area contributed by atoms with Crippen molar-refractivity contribution in [2.75, 3.05) is 28.0 Å². The topological polar surface area (TPSA) is 102 Å². The fourth-order valence-electron chi connectivity index (χ4n) is 6.12. The highest BCUT2D eigenvalue weighted by molar-refractivity contribution is 7.80. The summed E-state index contributed by atoms with van der Waals surface area (Å²) < 4.78 is 5.88. The minimum absolute atomic E-state index is 0.0420. The second-order valence-electron chi connectivity index (χ2n) is 10.5. The van der Waals surface area contributed by atoms with Crippen LogP contribution in [0.15, 0.2) is 78.9 Å². The number of halogens is 1. The molecule has 6 aromatic rings. The molecule has 2 amide bonds. The molecule has 0 spiro atoms. The van der Waals surface area contributed by atoms with E-state index < -0.39 is 0 Å². The van der Waals surface area contributed by atoms with Crippen molar-refractivity contribution < 1.29 is 14.3 Å². The number of rotatable bonds is 4. The first-order chi connectivity index (χ1) is 20.5. The summed E-state index contributed by atoms with van der Waals surface area (Å²) in [6.07, 6.45) is 0. The van der Waals surface area contributed by atoms with Crippen LogP contribution in [-0.4, -0.2) is 39.4 Å². The molecule has 8 nitrogen and oxygen atoms in total. The quantitative estimate of drug-likeness (QED) is 0.129. The SMILES string of the molecule is O=C(Nc1ccc2[nH]c(C(=O)N3C[C@@H](CCl)c4c3cc3c5c(cccc45)NC(=S)O3)cc2c1)c1cc2ccccc2[nH]1. The Labute approximate surface area is 249 Å². The molecule has 0 radical (unpaired) electrons. The second kappa shape index (κ2) is 9.34. The Kier molecular flexibility index (Phi) is 5.53. The zero-order valence-corrected chi connectivity index (χ0v) is 23.5. The van der Waals surface area contributed by atoms with E-state index in [1.54, 1.807) is 4.90 Å². The largest absolute Gasteiger partial charge is 0.431 e. The monoisotopic (exact) mass is 591 g/mol. The summed E-state index contributed by atoms with van der Waals surface area (Å²) >= 11 is 11.8. The van der Waals surface area contributed by atoms with Crippen molar-refractivity contribution in [1.29, 1.82) is 0 Å². The third-order valence-electron chi connectivity index (χ3n) is 8.00. The Hall–Kier alpha value is -4.86. The molecular formula is C32H22ClN5O3S. The maximum atomic E-state index is 14.0. The Morgan fingerprint density at radius 3 is 2.62 bits per heavy atom. The lowest BCUT2D eigenvalue weighted by molar-refractivity contribution is 0.0983. The van der Waals surface area contributed by atoms with Gasteiger partial charge in [-0.25, -0.2) is 0 Å². The van der Waals surface area contributed by atoms with Crippen molar-refractivity contribution in [2.24, 2.45) is 0 Å². The second-order valence-corrected chi connectivity index (χ2v) is 11.2. The number of benzene rings is 4. The molecule has 42 heavy (non-hydrogen) atoms. The van der Waals surface area contributed by atoms with Crippen molar-refractivity contribution >= 4 is 90.4 Å². The van der Waals surface area contributed by atoms with Crippen molar-refractivity contribution in [3.05, 3.63) is 95.8 Å². The van der Waals surface area contributed by atoms with Gasteiger partial charge in [0.15, 0.2) is 0 Å². The summed E-state index contributed by atoms with van der Waals surface area (Å²) in [6, 6.07) is 24.7. The number of hydrogen-bond acceptors (Lipinski definition) is 4. The number of aromatic nitrogens is 2. The van der Waals surface area contributed by atoms with E-state index in [9.17, 15) is 9.59 Å². The van der Waals surface area contributed by atoms with Crippen LogP contribution >= 0.6 is 23.8 Å². The first kappa shape index (κ1) is 24.9. The minimum Gasteiger partial charge on any atom is -0.431 e. The van der Waals surface area contributed by atoms with Gasteiger partial charge in [0.2, 0.25) is 0 Å². The fourth-order valence-corrected chi connectivity index (χ4v) is 6.57. The van der Waals surface area contributed by atoms with E-state index in [1.807, 2.05) is 78.9 Å². The molecule has 2 aliphatic rings. The standard InChI is InChI=1S/C32H22ClN5O3S/c33-14-18-15-38(26-13-27-29-20(28(18)26)5-3-7-23(29)37-32(42)41-27)31(40)25-12-17-10-19(8-9-22(17)36-25)34-30(39)24-11-16-4-1-2-6-21(16)35-24/h1-13,18,35-36H,14-15H2,(H,34,39)(H,37,42)/t18-/m1/s1. The molecule has 4 heterocycles. The van der Waals surface area contributed by atoms with Crippen molar-refractivity contribution in [3.63, 3.8) is 0 Å². The van der Waals surface area contributed by atoms with Gasteiger partial charge in [-0.05, 0) is 65.6 Å². The van der Waals surface area contributed by atoms with Gasteiger partial charge in [-0.15, -0.1) is 11.6 Å².